The number of hydrogen-bond donors (Lipinski definition) is 2. The van der Waals surface area contributed by atoms with Crippen LogP contribution in [0.2, 0.25) is 0 Å². The molecule has 2 N–H and O–H groups in total. The Morgan fingerprint density at radius 2 is 2.33 bits per heavy atom. The summed E-state index contributed by atoms with van der Waals surface area (Å²) in [5.41, 5.74) is 2.83. The molecule has 1 amide bonds. The number of rotatable bonds is 3. The molecule has 1 aromatic heterocycles. The molecule has 1 aliphatic heterocycles. The van der Waals surface area contributed by atoms with Gasteiger partial charge < -0.3 is 5.32 Å². The zero-order valence-electron chi connectivity index (χ0n) is 10.4. The third kappa shape index (κ3) is 2.35. The average Bonchev–Trinajstić information content (AvgIpc) is 3.06. The van der Waals surface area contributed by atoms with Crippen molar-refractivity contribution in [2.75, 3.05) is 6.54 Å². The summed E-state index contributed by atoms with van der Waals surface area (Å²) in [7, 11) is 0. The van der Waals surface area contributed by atoms with Gasteiger partial charge in [-0.3, -0.25) is 10.1 Å². The highest BCUT2D eigenvalue weighted by molar-refractivity contribution is 7.10. The molecule has 1 atom stereocenters. The van der Waals surface area contributed by atoms with Gasteiger partial charge in [0.2, 0.25) is 5.91 Å². The molecule has 0 unspecified atom stereocenters. The van der Waals surface area contributed by atoms with Gasteiger partial charge in [0.1, 0.15) is 6.04 Å². The molecule has 96 valence electrons. The smallest absolute Gasteiger partial charge is 0.241 e. The summed E-state index contributed by atoms with van der Waals surface area (Å²) >= 11 is 1.86. The quantitative estimate of drug-likeness (QED) is 0.815. The van der Waals surface area contributed by atoms with E-state index in [2.05, 4.69) is 16.0 Å². The summed E-state index contributed by atoms with van der Waals surface area (Å²) in [6.45, 7) is 1.47. The van der Waals surface area contributed by atoms with Crippen molar-refractivity contribution in [2.45, 2.75) is 38.3 Å². The van der Waals surface area contributed by atoms with E-state index >= 15 is 0 Å². The van der Waals surface area contributed by atoms with Crippen LogP contribution < -0.4 is 10.6 Å². The molecule has 18 heavy (non-hydrogen) atoms. The van der Waals surface area contributed by atoms with Crippen LogP contribution in [0.1, 0.15) is 28.8 Å². The van der Waals surface area contributed by atoms with Gasteiger partial charge in [-0.2, -0.15) is 0 Å². The lowest BCUT2D eigenvalue weighted by molar-refractivity contribution is -0.122. The Morgan fingerprint density at radius 3 is 3.17 bits per heavy atom. The van der Waals surface area contributed by atoms with Crippen LogP contribution in [0.4, 0.5) is 0 Å². The molecule has 2 heterocycles. The van der Waals surface area contributed by atoms with Crippen LogP contribution in [-0.4, -0.2) is 18.5 Å². The number of fused-ring (bicyclic) bond motifs is 1. The Balaban J connectivity index is 1.61. The average molecular weight is 262 g/mol. The van der Waals surface area contributed by atoms with Crippen molar-refractivity contribution in [2.24, 2.45) is 0 Å². The fourth-order valence-corrected chi connectivity index (χ4v) is 3.80. The van der Waals surface area contributed by atoms with Crippen molar-refractivity contribution in [3.63, 3.8) is 0 Å². The van der Waals surface area contributed by atoms with E-state index in [1.165, 1.54) is 41.7 Å². The molecular weight excluding hydrogens is 244 g/mol. The van der Waals surface area contributed by atoms with Crippen LogP contribution in [0.5, 0.6) is 0 Å². The predicted molar refractivity (Wildman–Crippen MR) is 73.7 cm³/mol. The normalized spacial score (nSPS) is 21.9. The molecule has 0 saturated carbocycles. The van der Waals surface area contributed by atoms with Crippen molar-refractivity contribution >= 4 is 17.2 Å². The first kappa shape index (κ1) is 11.9. The second kappa shape index (κ2) is 5.24. The largest absolute Gasteiger partial charge is 0.350 e. The molecule has 3 rings (SSSR count). The monoisotopic (exact) mass is 262 g/mol. The third-order valence-electron chi connectivity index (χ3n) is 3.67. The maximum atomic E-state index is 11.9. The molecule has 0 saturated heterocycles. The van der Waals surface area contributed by atoms with Gasteiger partial charge in [-0.1, -0.05) is 12.2 Å². The molecule has 1 aliphatic carbocycles. The Hall–Kier alpha value is -1.13. The molecule has 0 radical (unpaired) electrons. The van der Waals surface area contributed by atoms with Crippen LogP contribution in [-0.2, 0) is 24.2 Å². The lowest BCUT2D eigenvalue weighted by Crippen LogP contribution is -2.40. The van der Waals surface area contributed by atoms with Crippen molar-refractivity contribution in [1.82, 2.24) is 10.6 Å². The van der Waals surface area contributed by atoms with Crippen LogP contribution in [0, 0.1) is 0 Å². The van der Waals surface area contributed by atoms with Crippen LogP contribution in [0.25, 0.3) is 0 Å². The minimum absolute atomic E-state index is 0.0829. The maximum absolute atomic E-state index is 11.9. The van der Waals surface area contributed by atoms with Gasteiger partial charge in [0.15, 0.2) is 0 Å². The molecule has 0 spiro atoms. The first-order chi connectivity index (χ1) is 8.84. The van der Waals surface area contributed by atoms with Gasteiger partial charge >= 0.3 is 0 Å². The van der Waals surface area contributed by atoms with Gasteiger partial charge in [0.25, 0.3) is 0 Å². The highest BCUT2D eigenvalue weighted by Gasteiger charge is 2.19. The molecule has 0 aromatic carbocycles. The van der Waals surface area contributed by atoms with Crippen molar-refractivity contribution < 1.29 is 4.79 Å². The van der Waals surface area contributed by atoms with Gasteiger partial charge in [-0.15, -0.1) is 11.3 Å². The molecule has 3 nitrogen and oxygen atoms in total. The van der Waals surface area contributed by atoms with E-state index in [4.69, 9.17) is 0 Å². The standard InChI is InChI=1S/C14H18N2OS/c17-14(12-5-3-7-15-12)16-8-10-9-18-13-6-2-1-4-11(10)13/h3,5,9,12,15H,1-2,4,6-8H2,(H,16,17)/t12-/m0/s1. The third-order valence-corrected chi connectivity index (χ3v) is 4.81. The minimum atomic E-state index is -0.139. The van der Waals surface area contributed by atoms with Gasteiger partial charge in [-0.25, -0.2) is 0 Å². The summed E-state index contributed by atoms with van der Waals surface area (Å²) in [5, 5.41) is 8.38. The second-order valence-corrected chi connectivity index (χ2v) is 5.87. The number of nitrogens with one attached hydrogen (secondary N) is 2. The van der Waals surface area contributed by atoms with Crippen molar-refractivity contribution in [3.8, 4) is 0 Å². The van der Waals surface area contributed by atoms with Crippen LogP contribution in [0.15, 0.2) is 17.5 Å². The Kier molecular flexibility index (Phi) is 3.48. The lowest BCUT2D eigenvalue weighted by Gasteiger charge is -2.14. The number of carbonyl (C=O) groups excluding carboxylic acids is 1. The predicted octanol–water partition coefficient (Wildman–Crippen LogP) is 1.77. The minimum Gasteiger partial charge on any atom is -0.350 e. The number of amides is 1. The number of aryl methyl sites for hydroxylation is 1. The maximum Gasteiger partial charge on any atom is 0.241 e. The Bertz CT molecular complexity index is 478. The second-order valence-electron chi connectivity index (χ2n) is 4.90. The summed E-state index contributed by atoms with van der Waals surface area (Å²) in [6, 6.07) is -0.139. The van der Waals surface area contributed by atoms with Gasteiger partial charge in [0, 0.05) is 18.0 Å². The summed E-state index contributed by atoms with van der Waals surface area (Å²) in [5.74, 6) is 0.0829. The van der Waals surface area contributed by atoms with Gasteiger partial charge in [-0.05, 0) is 42.2 Å². The zero-order valence-corrected chi connectivity index (χ0v) is 11.2. The number of carbonyl (C=O) groups is 1. The molecule has 2 aliphatic rings. The van der Waals surface area contributed by atoms with Crippen molar-refractivity contribution in [1.29, 1.82) is 0 Å². The van der Waals surface area contributed by atoms with E-state index in [1.807, 2.05) is 23.5 Å². The van der Waals surface area contributed by atoms with E-state index in [0.29, 0.717) is 6.54 Å². The fraction of sp³-hybridized carbons (Fsp3) is 0.500. The fourth-order valence-electron chi connectivity index (χ4n) is 2.65. The van der Waals surface area contributed by atoms with E-state index in [9.17, 15) is 4.79 Å². The summed E-state index contributed by atoms with van der Waals surface area (Å²) in [6.07, 6.45) is 8.94. The summed E-state index contributed by atoms with van der Waals surface area (Å²) in [4.78, 5) is 13.4. The number of thiophene rings is 1. The topological polar surface area (TPSA) is 41.1 Å². The summed E-state index contributed by atoms with van der Waals surface area (Å²) < 4.78 is 0. The molecule has 1 aromatic rings. The van der Waals surface area contributed by atoms with E-state index in [1.54, 1.807) is 0 Å². The SMILES string of the molecule is O=C(NCc1csc2c1CCCC2)[C@@H]1C=CCN1. The van der Waals surface area contributed by atoms with Gasteiger partial charge in [0.05, 0.1) is 0 Å². The first-order valence-electron chi connectivity index (χ1n) is 6.60. The van der Waals surface area contributed by atoms with Crippen LogP contribution >= 0.6 is 11.3 Å². The van der Waals surface area contributed by atoms with E-state index in [-0.39, 0.29) is 11.9 Å². The lowest BCUT2D eigenvalue weighted by atomic mass is 9.96. The molecular formula is C14H18N2OS. The van der Waals surface area contributed by atoms with E-state index in [0.717, 1.165) is 6.54 Å². The Morgan fingerprint density at radius 1 is 1.44 bits per heavy atom. The molecule has 0 bridgehead atoms. The molecule has 4 heteroatoms. The zero-order chi connectivity index (χ0) is 12.4. The Labute approximate surface area is 111 Å². The number of hydrogen-bond acceptors (Lipinski definition) is 3. The van der Waals surface area contributed by atoms with E-state index < -0.39 is 0 Å². The highest BCUT2D eigenvalue weighted by atomic mass is 32.1. The van der Waals surface area contributed by atoms with Crippen LogP contribution in [0.3, 0.4) is 0 Å². The highest BCUT2D eigenvalue weighted by Crippen LogP contribution is 2.30. The molecule has 0 fully saturated rings. The van der Waals surface area contributed by atoms with Crippen molar-refractivity contribution in [3.05, 3.63) is 33.5 Å². The first-order valence-corrected chi connectivity index (χ1v) is 7.48.